The number of fused-ring (bicyclic) bond motifs is 1. The molecule has 1 aromatic heterocycles. The molecule has 0 saturated carbocycles. The number of benzene rings is 1. The summed E-state index contributed by atoms with van der Waals surface area (Å²) in [6.45, 7) is 3.27. The number of rotatable bonds is 5. The van der Waals surface area contributed by atoms with Gasteiger partial charge in [-0.25, -0.2) is 8.42 Å². The molecule has 0 radical (unpaired) electrons. The number of hydrogen-bond acceptors (Lipinski definition) is 6. The Morgan fingerprint density at radius 3 is 2.53 bits per heavy atom. The van der Waals surface area contributed by atoms with E-state index in [0.717, 1.165) is 30.1 Å². The average Bonchev–Trinajstić information content (AvgIpc) is 3.20. The van der Waals surface area contributed by atoms with Crippen molar-refractivity contribution >= 4 is 38.9 Å². The zero-order valence-electron chi connectivity index (χ0n) is 16.7. The fourth-order valence-corrected chi connectivity index (χ4v) is 6.95. The number of carbonyl (C=O) groups is 1. The van der Waals surface area contributed by atoms with Crippen LogP contribution in [0.5, 0.6) is 5.75 Å². The van der Waals surface area contributed by atoms with Gasteiger partial charge in [-0.3, -0.25) is 9.69 Å². The minimum atomic E-state index is -3.55. The number of sulfonamides is 1. The second-order valence-corrected chi connectivity index (χ2v) is 11.3. The van der Waals surface area contributed by atoms with Crippen LogP contribution in [0.3, 0.4) is 0 Å². The highest BCUT2D eigenvalue weighted by atomic mass is 35.5. The standard InChI is InChI=1S/C20H24ClN3O4S2/c1-28-17-3-2-15-6-7-22(13-16(15)12-17)14-19(25)23-8-10-24(11-9-23)30(26,27)20-5-4-18(21)29-20/h2-5,12H,6-11,13-14H2,1H3. The van der Waals surface area contributed by atoms with Crippen LogP contribution in [-0.4, -0.2) is 74.8 Å². The quantitative estimate of drug-likeness (QED) is 0.672. The first-order valence-corrected chi connectivity index (χ1v) is 12.4. The molecule has 0 aliphatic carbocycles. The molecule has 10 heteroatoms. The minimum absolute atomic E-state index is 0.0394. The van der Waals surface area contributed by atoms with Gasteiger partial charge in [0.1, 0.15) is 9.96 Å². The van der Waals surface area contributed by atoms with Crippen molar-refractivity contribution in [2.75, 3.05) is 46.4 Å². The number of amides is 1. The Labute approximate surface area is 185 Å². The van der Waals surface area contributed by atoms with Gasteiger partial charge in [0, 0.05) is 39.3 Å². The molecular formula is C20H24ClN3O4S2. The predicted molar refractivity (Wildman–Crippen MR) is 117 cm³/mol. The van der Waals surface area contributed by atoms with Gasteiger partial charge in [0.05, 0.1) is 18.0 Å². The van der Waals surface area contributed by atoms with E-state index in [4.69, 9.17) is 16.3 Å². The minimum Gasteiger partial charge on any atom is -0.497 e. The lowest BCUT2D eigenvalue weighted by Gasteiger charge is -2.35. The van der Waals surface area contributed by atoms with Crippen molar-refractivity contribution in [3.8, 4) is 5.75 Å². The molecule has 162 valence electrons. The van der Waals surface area contributed by atoms with Crippen molar-refractivity contribution in [2.24, 2.45) is 0 Å². The number of piperazine rings is 1. The number of nitrogens with zero attached hydrogens (tertiary/aromatic N) is 3. The summed E-state index contributed by atoms with van der Waals surface area (Å²) >= 11 is 6.94. The molecule has 2 aromatic rings. The van der Waals surface area contributed by atoms with Crippen LogP contribution in [0.25, 0.3) is 0 Å². The first kappa shape index (κ1) is 21.6. The third kappa shape index (κ3) is 4.50. The van der Waals surface area contributed by atoms with E-state index in [1.807, 2.05) is 12.1 Å². The Kier molecular flexibility index (Phi) is 6.36. The molecule has 0 spiro atoms. The summed E-state index contributed by atoms with van der Waals surface area (Å²) in [6.07, 6.45) is 0.905. The molecule has 2 aliphatic heterocycles. The van der Waals surface area contributed by atoms with Crippen molar-refractivity contribution in [1.82, 2.24) is 14.1 Å². The van der Waals surface area contributed by atoms with Gasteiger partial charge >= 0.3 is 0 Å². The lowest BCUT2D eigenvalue weighted by molar-refractivity contribution is -0.133. The van der Waals surface area contributed by atoms with E-state index < -0.39 is 10.0 Å². The number of ether oxygens (including phenoxy) is 1. The largest absolute Gasteiger partial charge is 0.497 e. The highest BCUT2D eigenvalue weighted by Crippen LogP contribution is 2.29. The Hall–Kier alpha value is -1.65. The molecule has 0 N–H and O–H groups in total. The van der Waals surface area contributed by atoms with Crippen LogP contribution in [0.15, 0.2) is 34.5 Å². The summed E-state index contributed by atoms with van der Waals surface area (Å²) in [5.74, 6) is 0.865. The summed E-state index contributed by atoms with van der Waals surface area (Å²) in [4.78, 5) is 16.7. The molecule has 7 nitrogen and oxygen atoms in total. The van der Waals surface area contributed by atoms with Crippen LogP contribution in [0.1, 0.15) is 11.1 Å². The molecule has 4 rings (SSSR count). The zero-order chi connectivity index (χ0) is 21.3. The Bertz CT molecular complexity index is 1030. The molecule has 0 unspecified atom stereocenters. The summed E-state index contributed by atoms with van der Waals surface area (Å²) < 4.78 is 32.9. The molecule has 1 aromatic carbocycles. The van der Waals surface area contributed by atoms with Crippen molar-refractivity contribution in [1.29, 1.82) is 0 Å². The van der Waals surface area contributed by atoms with Gasteiger partial charge in [0.2, 0.25) is 5.91 Å². The van der Waals surface area contributed by atoms with Gasteiger partial charge in [0.15, 0.2) is 0 Å². The van der Waals surface area contributed by atoms with Crippen LogP contribution in [0, 0.1) is 0 Å². The SMILES string of the molecule is COc1ccc2c(c1)CN(CC(=O)N1CCN(S(=O)(=O)c3ccc(Cl)s3)CC1)CC2. The molecule has 0 bridgehead atoms. The van der Waals surface area contributed by atoms with E-state index in [-0.39, 0.29) is 10.1 Å². The third-order valence-electron chi connectivity index (χ3n) is 5.60. The maximum atomic E-state index is 12.8. The number of hydrogen-bond donors (Lipinski definition) is 0. The van der Waals surface area contributed by atoms with Gasteiger partial charge in [-0.15, -0.1) is 11.3 Å². The van der Waals surface area contributed by atoms with E-state index in [1.165, 1.54) is 21.5 Å². The highest BCUT2D eigenvalue weighted by molar-refractivity contribution is 7.91. The maximum Gasteiger partial charge on any atom is 0.252 e. The van der Waals surface area contributed by atoms with E-state index >= 15 is 0 Å². The maximum absolute atomic E-state index is 12.8. The van der Waals surface area contributed by atoms with E-state index in [9.17, 15) is 13.2 Å². The molecule has 30 heavy (non-hydrogen) atoms. The molecule has 1 saturated heterocycles. The Morgan fingerprint density at radius 2 is 1.87 bits per heavy atom. The number of halogens is 1. The lowest BCUT2D eigenvalue weighted by atomic mass is 9.99. The molecule has 2 aliphatic rings. The van der Waals surface area contributed by atoms with E-state index in [1.54, 1.807) is 18.1 Å². The molecular weight excluding hydrogens is 446 g/mol. The molecule has 1 amide bonds. The predicted octanol–water partition coefficient (Wildman–Crippen LogP) is 2.30. The lowest BCUT2D eigenvalue weighted by Crippen LogP contribution is -2.52. The van der Waals surface area contributed by atoms with Crippen molar-refractivity contribution in [3.05, 3.63) is 45.8 Å². The fraction of sp³-hybridized carbons (Fsp3) is 0.450. The smallest absolute Gasteiger partial charge is 0.252 e. The third-order valence-corrected chi connectivity index (χ3v) is 9.19. The van der Waals surface area contributed by atoms with Gasteiger partial charge in [-0.2, -0.15) is 4.31 Å². The first-order chi connectivity index (χ1) is 14.4. The average molecular weight is 470 g/mol. The fourth-order valence-electron chi connectivity index (χ4n) is 3.89. The highest BCUT2D eigenvalue weighted by Gasteiger charge is 2.31. The summed E-state index contributed by atoms with van der Waals surface area (Å²) in [7, 11) is -1.90. The van der Waals surface area contributed by atoms with Crippen LogP contribution in [0.2, 0.25) is 4.34 Å². The Balaban J connectivity index is 1.33. The summed E-state index contributed by atoms with van der Waals surface area (Å²) in [5, 5.41) is 0. The van der Waals surface area contributed by atoms with Crippen LogP contribution < -0.4 is 4.74 Å². The van der Waals surface area contributed by atoms with Crippen molar-refractivity contribution < 1.29 is 17.9 Å². The van der Waals surface area contributed by atoms with Gasteiger partial charge < -0.3 is 9.64 Å². The summed E-state index contributed by atoms with van der Waals surface area (Å²) in [6, 6.07) is 9.21. The number of methoxy groups -OCH3 is 1. The zero-order valence-corrected chi connectivity index (χ0v) is 19.1. The first-order valence-electron chi connectivity index (χ1n) is 9.78. The topological polar surface area (TPSA) is 70.2 Å². The van der Waals surface area contributed by atoms with E-state index in [2.05, 4.69) is 11.0 Å². The van der Waals surface area contributed by atoms with Crippen LogP contribution >= 0.6 is 22.9 Å². The number of carbonyl (C=O) groups excluding carboxylic acids is 1. The number of thiophene rings is 1. The van der Waals surface area contributed by atoms with Crippen molar-refractivity contribution in [2.45, 2.75) is 17.2 Å². The van der Waals surface area contributed by atoms with Gasteiger partial charge in [-0.05, 0) is 41.8 Å². The second-order valence-electron chi connectivity index (χ2n) is 7.44. The van der Waals surface area contributed by atoms with E-state index in [0.29, 0.717) is 43.6 Å². The van der Waals surface area contributed by atoms with Crippen LogP contribution in [-0.2, 0) is 27.8 Å². The summed E-state index contributed by atoms with van der Waals surface area (Å²) in [5.41, 5.74) is 2.49. The van der Waals surface area contributed by atoms with Gasteiger partial charge in [0.25, 0.3) is 10.0 Å². The molecule has 1 fully saturated rings. The molecule has 3 heterocycles. The normalized spacial score (nSPS) is 18.3. The van der Waals surface area contributed by atoms with Crippen molar-refractivity contribution in [3.63, 3.8) is 0 Å². The van der Waals surface area contributed by atoms with Crippen LogP contribution in [0.4, 0.5) is 0 Å². The monoisotopic (exact) mass is 469 g/mol. The molecule has 0 atom stereocenters. The Morgan fingerprint density at radius 1 is 1.10 bits per heavy atom. The van der Waals surface area contributed by atoms with Gasteiger partial charge in [-0.1, -0.05) is 17.7 Å². The second kappa shape index (κ2) is 8.84.